The van der Waals surface area contributed by atoms with Gasteiger partial charge in [-0.15, -0.1) is 6.42 Å². The summed E-state index contributed by atoms with van der Waals surface area (Å²) >= 11 is 0. The van der Waals surface area contributed by atoms with Gasteiger partial charge in [-0.1, -0.05) is 5.92 Å². The zero-order valence-corrected chi connectivity index (χ0v) is 7.44. The number of ether oxygens (including phenoxy) is 1. The van der Waals surface area contributed by atoms with E-state index in [1.165, 1.54) is 0 Å². The fourth-order valence-electron chi connectivity index (χ4n) is 0.870. The Kier molecular flexibility index (Phi) is 3.20. The van der Waals surface area contributed by atoms with Crippen LogP contribution in [0.1, 0.15) is 5.56 Å². The third-order valence-electron chi connectivity index (χ3n) is 1.50. The van der Waals surface area contributed by atoms with Crippen molar-refractivity contribution in [1.82, 2.24) is 0 Å². The standard InChI is InChI=1S/C10H6F4O/c1-2-7-5-8(3-4-9(7)11)15-6-10(12,13)14/h1,3-5H,6H2. The molecule has 1 nitrogen and oxygen atoms in total. The van der Waals surface area contributed by atoms with Gasteiger partial charge < -0.3 is 4.74 Å². The van der Waals surface area contributed by atoms with Crippen LogP contribution in [0.3, 0.4) is 0 Å². The van der Waals surface area contributed by atoms with Crippen LogP contribution in [0.4, 0.5) is 17.6 Å². The van der Waals surface area contributed by atoms with Gasteiger partial charge in [0.2, 0.25) is 0 Å². The van der Waals surface area contributed by atoms with E-state index in [1.807, 2.05) is 5.92 Å². The van der Waals surface area contributed by atoms with E-state index in [0.29, 0.717) is 0 Å². The van der Waals surface area contributed by atoms with Crippen molar-refractivity contribution >= 4 is 0 Å². The van der Waals surface area contributed by atoms with Crippen molar-refractivity contribution in [3.63, 3.8) is 0 Å². The van der Waals surface area contributed by atoms with Gasteiger partial charge in [-0.25, -0.2) is 4.39 Å². The quantitative estimate of drug-likeness (QED) is 0.547. The van der Waals surface area contributed by atoms with Gasteiger partial charge in [-0.05, 0) is 18.2 Å². The Morgan fingerprint density at radius 3 is 2.53 bits per heavy atom. The molecule has 0 aliphatic rings. The summed E-state index contributed by atoms with van der Waals surface area (Å²) in [6, 6.07) is 3.09. The van der Waals surface area contributed by atoms with E-state index in [2.05, 4.69) is 4.74 Å². The molecule has 1 rings (SSSR count). The average molecular weight is 218 g/mol. The van der Waals surface area contributed by atoms with Crippen molar-refractivity contribution in [3.8, 4) is 18.1 Å². The van der Waals surface area contributed by atoms with Crippen LogP contribution in [0.5, 0.6) is 5.75 Å². The molecule has 5 heteroatoms. The lowest BCUT2D eigenvalue weighted by Crippen LogP contribution is -2.19. The highest BCUT2D eigenvalue weighted by Crippen LogP contribution is 2.20. The third-order valence-corrected chi connectivity index (χ3v) is 1.50. The lowest BCUT2D eigenvalue weighted by atomic mass is 10.2. The van der Waals surface area contributed by atoms with E-state index in [-0.39, 0.29) is 11.3 Å². The molecule has 0 amide bonds. The number of hydrogen-bond donors (Lipinski definition) is 0. The second-order valence-corrected chi connectivity index (χ2v) is 2.69. The van der Waals surface area contributed by atoms with Gasteiger partial charge in [0.1, 0.15) is 11.6 Å². The molecule has 0 radical (unpaired) electrons. The van der Waals surface area contributed by atoms with E-state index in [9.17, 15) is 17.6 Å². The summed E-state index contributed by atoms with van der Waals surface area (Å²) in [7, 11) is 0. The van der Waals surface area contributed by atoms with Crippen LogP contribution >= 0.6 is 0 Å². The highest BCUT2D eigenvalue weighted by atomic mass is 19.4. The molecule has 1 aromatic rings. The van der Waals surface area contributed by atoms with Crippen molar-refractivity contribution in [1.29, 1.82) is 0 Å². The molecule has 0 aliphatic heterocycles. The minimum Gasteiger partial charge on any atom is -0.484 e. The number of alkyl halides is 3. The smallest absolute Gasteiger partial charge is 0.422 e. The lowest BCUT2D eigenvalue weighted by molar-refractivity contribution is -0.153. The maximum Gasteiger partial charge on any atom is 0.422 e. The predicted molar refractivity (Wildman–Crippen MR) is 45.9 cm³/mol. The van der Waals surface area contributed by atoms with Crippen LogP contribution in [-0.2, 0) is 0 Å². The van der Waals surface area contributed by atoms with Gasteiger partial charge in [0.25, 0.3) is 0 Å². The zero-order valence-electron chi connectivity index (χ0n) is 7.44. The van der Waals surface area contributed by atoms with Gasteiger partial charge in [-0.3, -0.25) is 0 Å². The van der Waals surface area contributed by atoms with Crippen LogP contribution in [0, 0.1) is 18.2 Å². The molecule has 0 saturated carbocycles. The molecule has 0 unspecified atom stereocenters. The predicted octanol–water partition coefficient (Wildman–Crippen LogP) is 2.75. The van der Waals surface area contributed by atoms with Gasteiger partial charge >= 0.3 is 6.18 Å². The number of halogens is 4. The van der Waals surface area contributed by atoms with Gasteiger partial charge in [0.15, 0.2) is 6.61 Å². The first-order valence-electron chi connectivity index (χ1n) is 3.88. The molecule has 0 fully saturated rings. The molecule has 80 valence electrons. The Balaban J connectivity index is 2.76. The van der Waals surface area contributed by atoms with Crippen molar-refractivity contribution in [2.45, 2.75) is 6.18 Å². The Hall–Kier alpha value is -1.70. The molecule has 0 bridgehead atoms. The zero-order chi connectivity index (χ0) is 11.5. The number of hydrogen-bond acceptors (Lipinski definition) is 1. The van der Waals surface area contributed by atoms with Crippen molar-refractivity contribution < 1.29 is 22.3 Å². The van der Waals surface area contributed by atoms with Crippen molar-refractivity contribution in [2.24, 2.45) is 0 Å². The topological polar surface area (TPSA) is 9.23 Å². The first kappa shape index (κ1) is 11.4. The van der Waals surface area contributed by atoms with Crippen LogP contribution in [0.25, 0.3) is 0 Å². The Morgan fingerprint density at radius 1 is 1.33 bits per heavy atom. The van der Waals surface area contributed by atoms with Gasteiger partial charge in [0.05, 0.1) is 5.56 Å². The second kappa shape index (κ2) is 4.22. The molecule has 0 heterocycles. The number of terminal acetylenes is 1. The van der Waals surface area contributed by atoms with Gasteiger partial charge in [0, 0.05) is 0 Å². The highest BCUT2D eigenvalue weighted by molar-refractivity contribution is 5.39. The Labute approximate surface area is 83.7 Å². The summed E-state index contributed by atoms with van der Waals surface area (Å²) in [6.07, 6.45) is 0.508. The maximum absolute atomic E-state index is 12.8. The Morgan fingerprint density at radius 2 is 2.00 bits per heavy atom. The van der Waals surface area contributed by atoms with E-state index in [1.54, 1.807) is 0 Å². The van der Waals surface area contributed by atoms with Crippen LogP contribution < -0.4 is 4.74 Å². The number of rotatable bonds is 2. The summed E-state index contributed by atoms with van der Waals surface area (Å²) in [6.45, 7) is -1.43. The third kappa shape index (κ3) is 3.50. The maximum atomic E-state index is 12.8. The van der Waals surface area contributed by atoms with E-state index in [0.717, 1.165) is 18.2 Å². The summed E-state index contributed by atoms with van der Waals surface area (Å²) in [5.41, 5.74) is -0.130. The fourth-order valence-corrected chi connectivity index (χ4v) is 0.870. The second-order valence-electron chi connectivity index (χ2n) is 2.69. The van der Waals surface area contributed by atoms with E-state index >= 15 is 0 Å². The van der Waals surface area contributed by atoms with Crippen LogP contribution in [0.2, 0.25) is 0 Å². The first-order valence-corrected chi connectivity index (χ1v) is 3.88. The largest absolute Gasteiger partial charge is 0.484 e. The first-order chi connectivity index (χ1) is 6.92. The molecular formula is C10H6F4O. The molecule has 1 aromatic carbocycles. The minimum absolute atomic E-state index is 0.110. The molecule has 0 spiro atoms. The van der Waals surface area contributed by atoms with Gasteiger partial charge in [-0.2, -0.15) is 13.2 Å². The average Bonchev–Trinajstić information content (AvgIpc) is 2.15. The van der Waals surface area contributed by atoms with E-state index < -0.39 is 18.6 Å². The summed E-state index contributed by atoms with van der Waals surface area (Å²) < 4.78 is 52.5. The highest BCUT2D eigenvalue weighted by Gasteiger charge is 2.28. The summed E-state index contributed by atoms with van der Waals surface area (Å²) in [5, 5.41) is 0. The fraction of sp³-hybridized carbons (Fsp3) is 0.200. The summed E-state index contributed by atoms with van der Waals surface area (Å²) in [4.78, 5) is 0. The molecule has 0 aliphatic carbocycles. The molecule has 0 atom stereocenters. The molecule has 15 heavy (non-hydrogen) atoms. The molecule has 0 saturated heterocycles. The number of benzene rings is 1. The Bertz CT molecular complexity index is 389. The van der Waals surface area contributed by atoms with Crippen molar-refractivity contribution in [2.75, 3.05) is 6.61 Å². The normalized spacial score (nSPS) is 10.9. The van der Waals surface area contributed by atoms with Crippen LogP contribution in [0.15, 0.2) is 18.2 Å². The SMILES string of the molecule is C#Cc1cc(OCC(F)(F)F)ccc1F. The minimum atomic E-state index is -4.43. The van der Waals surface area contributed by atoms with Crippen molar-refractivity contribution in [3.05, 3.63) is 29.6 Å². The molecule has 0 N–H and O–H groups in total. The van der Waals surface area contributed by atoms with E-state index in [4.69, 9.17) is 6.42 Å². The lowest BCUT2D eigenvalue weighted by Gasteiger charge is -2.09. The summed E-state index contributed by atoms with van der Waals surface area (Å²) in [5.74, 6) is 1.22. The molecule has 0 aromatic heterocycles. The van der Waals surface area contributed by atoms with Crippen LogP contribution in [-0.4, -0.2) is 12.8 Å². The molecular weight excluding hydrogens is 212 g/mol. The monoisotopic (exact) mass is 218 g/mol.